The Kier molecular flexibility index (Phi) is 5.58. The van der Waals surface area contributed by atoms with Crippen LogP contribution in [-0.2, 0) is 9.53 Å². The lowest BCUT2D eigenvalue weighted by Gasteiger charge is -2.34. The van der Waals surface area contributed by atoms with E-state index in [1.807, 2.05) is 19.1 Å². The van der Waals surface area contributed by atoms with E-state index in [0.29, 0.717) is 17.4 Å². The monoisotopic (exact) mass is 303 g/mol. The van der Waals surface area contributed by atoms with E-state index >= 15 is 0 Å². The molecular weight excluding hydrogens is 278 g/mol. The quantitative estimate of drug-likeness (QED) is 0.870. The first-order valence-electron chi connectivity index (χ1n) is 8.00. The Labute approximate surface area is 132 Å². The van der Waals surface area contributed by atoms with Crippen LogP contribution >= 0.6 is 0 Å². The van der Waals surface area contributed by atoms with Crippen LogP contribution in [-0.4, -0.2) is 24.5 Å². The molecule has 1 N–H and O–H groups in total. The van der Waals surface area contributed by atoms with E-state index in [1.165, 1.54) is 6.42 Å². The highest BCUT2D eigenvalue weighted by Crippen LogP contribution is 2.29. The van der Waals surface area contributed by atoms with Gasteiger partial charge in [-0.15, -0.1) is 0 Å². The minimum atomic E-state index is -0.458. The second kappa shape index (κ2) is 7.43. The molecule has 0 saturated heterocycles. The number of carbonyl (C=O) groups excluding carboxylic acids is 2. The molecule has 0 heterocycles. The van der Waals surface area contributed by atoms with Gasteiger partial charge in [0, 0.05) is 6.04 Å². The number of esters is 1. The van der Waals surface area contributed by atoms with Crippen molar-refractivity contribution in [3.8, 4) is 0 Å². The molecule has 0 aliphatic heterocycles. The van der Waals surface area contributed by atoms with E-state index in [1.54, 1.807) is 12.1 Å². The van der Waals surface area contributed by atoms with Gasteiger partial charge in [-0.25, -0.2) is 4.79 Å². The maximum atomic E-state index is 12.0. The highest BCUT2D eigenvalue weighted by molar-refractivity contribution is 5.91. The second-order valence-corrected chi connectivity index (χ2v) is 6.38. The molecule has 4 heteroatoms. The van der Waals surface area contributed by atoms with Gasteiger partial charge in [-0.2, -0.15) is 0 Å². The molecule has 120 valence electrons. The first kappa shape index (κ1) is 16.5. The van der Waals surface area contributed by atoms with E-state index in [0.717, 1.165) is 18.4 Å². The topological polar surface area (TPSA) is 55.4 Å². The molecule has 1 fully saturated rings. The van der Waals surface area contributed by atoms with E-state index in [-0.39, 0.29) is 18.6 Å². The van der Waals surface area contributed by atoms with Gasteiger partial charge in [-0.1, -0.05) is 44.4 Å². The van der Waals surface area contributed by atoms with Gasteiger partial charge in [0.1, 0.15) is 0 Å². The summed E-state index contributed by atoms with van der Waals surface area (Å²) >= 11 is 0. The van der Waals surface area contributed by atoms with E-state index < -0.39 is 5.97 Å². The Morgan fingerprint density at radius 1 is 1.18 bits per heavy atom. The molecule has 0 spiro atoms. The molecule has 1 aromatic carbocycles. The number of nitrogens with one attached hydrogen (secondary N) is 1. The fourth-order valence-corrected chi connectivity index (χ4v) is 2.94. The van der Waals surface area contributed by atoms with Crippen molar-refractivity contribution in [1.29, 1.82) is 0 Å². The summed E-state index contributed by atoms with van der Waals surface area (Å²) in [5.41, 5.74) is 1.55. The van der Waals surface area contributed by atoms with Crippen LogP contribution in [0.25, 0.3) is 0 Å². The van der Waals surface area contributed by atoms with Crippen LogP contribution in [0.5, 0.6) is 0 Å². The van der Waals surface area contributed by atoms with Gasteiger partial charge in [-0.3, -0.25) is 4.79 Å². The first-order chi connectivity index (χ1) is 10.5. The first-order valence-corrected chi connectivity index (χ1v) is 8.00. The molecule has 3 unspecified atom stereocenters. The minimum Gasteiger partial charge on any atom is -0.452 e. The summed E-state index contributed by atoms with van der Waals surface area (Å²) in [7, 11) is 0. The van der Waals surface area contributed by atoms with Gasteiger partial charge in [0.25, 0.3) is 5.91 Å². The normalized spacial score (nSPS) is 24.6. The predicted octanol–water partition coefficient (Wildman–Crippen LogP) is 3.09. The molecule has 2 rings (SSSR count). The summed E-state index contributed by atoms with van der Waals surface area (Å²) in [5.74, 6) is 0.409. The number of hydrogen-bond donors (Lipinski definition) is 1. The Morgan fingerprint density at radius 3 is 2.55 bits per heavy atom. The minimum absolute atomic E-state index is 0.189. The number of carbonyl (C=O) groups is 2. The van der Waals surface area contributed by atoms with Crippen molar-refractivity contribution in [2.75, 3.05) is 6.61 Å². The van der Waals surface area contributed by atoms with E-state index in [2.05, 4.69) is 19.2 Å². The molecule has 1 amide bonds. The summed E-state index contributed by atoms with van der Waals surface area (Å²) in [6.07, 6.45) is 3.36. The molecular formula is C18H25NO3. The second-order valence-electron chi connectivity index (χ2n) is 6.38. The third-order valence-electron chi connectivity index (χ3n) is 4.67. The van der Waals surface area contributed by atoms with Gasteiger partial charge >= 0.3 is 5.97 Å². The Balaban J connectivity index is 1.80. The molecule has 3 atom stereocenters. The zero-order valence-electron chi connectivity index (χ0n) is 13.6. The molecule has 0 aromatic heterocycles. The molecule has 4 nitrogen and oxygen atoms in total. The van der Waals surface area contributed by atoms with Gasteiger partial charge in [0.2, 0.25) is 0 Å². The lowest BCUT2D eigenvalue weighted by Crippen LogP contribution is -2.45. The van der Waals surface area contributed by atoms with Crippen molar-refractivity contribution in [3.63, 3.8) is 0 Å². The van der Waals surface area contributed by atoms with Crippen molar-refractivity contribution in [2.24, 2.45) is 11.8 Å². The maximum Gasteiger partial charge on any atom is 0.338 e. The van der Waals surface area contributed by atoms with Crippen LogP contribution < -0.4 is 5.32 Å². The van der Waals surface area contributed by atoms with Gasteiger partial charge in [0.15, 0.2) is 6.61 Å². The van der Waals surface area contributed by atoms with Crippen LogP contribution in [0.2, 0.25) is 0 Å². The number of ether oxygens (including phenoxy) is 1. The standard InChI is InChI=1S/C18H25NO3/c1-12-7-9-15(10-8-12)18(21)22-11-17(20)19-16-6-4-5-13(2)14(16)3/h7-10,13-14,16H,4-6,11H2,1-3H3,(H,19,20). The number of aryl methyl sites for hydroxylation is 1. The van der Waals surface area contributed by atoms with Crippen molar-refractivity contribution in [3.05, 3.63) is 35.4 Å². The number of rotatable bonds is 4. The third kappa shape index (κ3) is 4.33. The Hall–Kier alpha value is -1.84. The highest BCUT2D eigenvalue weighted by atomic mass is 16.5. The predicted molar refractivity (Wildman–Crippen MR) is 85.6 cm³/mol. The summed E-state index contributed by atoms with van der Waals surface area (Å²) in [6, 6.07) is 7.30. The Morgan fingerprint density at radius 2 is 1.86 bits per heavy atom. The lowest BCUT2D eigenvalue weighted by atomic mass is 9.78. The largest absolute Gasteiger partial charge is 0.452 e. The zero-order valence-corrected chi connectivity index (χ0v) is 13.6. The summed E-state index contributed by atoms with van der Waals surface area (Å²) in [4.78, 5) is 23.8. The van der Waals surface area contributed by atoms with Crippen molar-refractivity contribution < 1.29 is 14.3 Å². The van der Waals surface area contributed by atoms with Crippen LogP contribution in [0.4, 0.5) is 0 Å². The van der Waals surface area contributed by atoms with Gasteiger partial charge < -0.3 is 10.1 Å². The summed E-state index contributed by atoms with van der Waals surface area (Å²) in [5, 5.41) is 3.00. The number of amides is 1. The van der Waals surface area contributed by atoms with Crippen LogP contribution in [0.1, 0.15) is 49.0 Å². The number of hydrogen-bond acceptors (Lipinski definition) is 3. The van der Waals surface area contributed by atoms with Crippen LogP contribution in [0, 0.1) is 18.8 Å². The lowest BCUT2D eigenvalue weighted by molar-refractivity contribution is -0.125. The SMILES string of the molecule is Cc1ccc(C(=O)OCC(=O)NC2CCCC(C)C2C)cc1. The fourth-order valence-electron chi connectivity index (χ4n) is 2.94. The molecule has 1 aliphatic rings. The molecule has 22 heavy (non-hydrogen) atoms. The average molecular weight is 303 g/mol. The van der Waals surface area contributed by atoms with Crippen LogP contribution in [0.15, 0.2) is 24.3 Å². The third-order valence-corrected chi connectivity index (χ3v) is 4.67. The molecule has 0 radical (unpaired) electrons. The zero-order chi connectivity index (χ0) is 16.1. The smallest absolute Gasteiger partial charge is 0.338 e. The fraction of sp³-hybridized carbons (Fsp3) is 0.556. The van der Waals surface area contributed by atoms with E-state index in [4.69, 9.17) is 4.74 Å². The van der Waals surface area contributed by atoms with Crippen LogP contribution in [0.3, 0.4) is 0 Å². The highest BCUT2D eigenvalue weighted by Gasteiger charge is 2.28. The van der Waals surface area contributed by atoms with Gasteiger partial charge in [-0.05, 0) is 37.3 Å². The van der Waals surface area contributed by atoms with Gasteiger partial charge in [0.05, 0.1) is 5.56 Å². The molecule has 0 bridgehead atoms. The summed E-state index contributed by atoms with van der Waals surface area (Å²) < 4.78 is 5.08. The van der Waals surface area contributed by atoms with E-state index in [9.17, 15) is 9.59 Å². The van der Waals surface area contributed by atoms with Crippen molar-refractivity contribution in [1.82, 2.24) is 5.32 Å². The number of benzene rings is 1. The molecule has 1 saturated carbocycles. The van der Waals surface area contributed by atoms with Crippen molar-refractivity contribution in [2.45, 2.75) is 46.1 Å². The molecule has 1 aromatic rings. The van der Waals surface area contributed by atoms with Crippen molar-refractivity contribution >= 4 is 11.9 Å². The molecule has 1 aliphatic carbocycles. The summed E-state index contributed by atoms with van der Waals surface area (Å²) in [6.45, 7) is 6.13. The Bertz CT molecular complexity index is 524. The average Bonchev–Trinajstić information content (AvgIpc) is 2.50. The maximum absolute atomic E-state index is 12.0.